The zero-order valence-electron chi connectivity index (χ0n) is 16.6. The number of halogens is 2. The molecule has 0 spiro atoms. The van der Waals surface area contributed by atoms with Crippen LogP contribution in [0.1, 0.15) is 44.7 Å². The molecule has 11 heteroatoms. The van der Waals surface area contributed by atoms with Gasteiger partial charge in [0.15, 0.2) is 22.8 Å². The monoisotopic (exact) mass is 391 g/mol. The highest BCUT2D eigenvalue weighted by molar-refractivity contribution is 5.83. The van der Waals surface area contributed by atoms with Gasteiger partial charge in [-0.15, -0.1) is 15.3 Å². The molecule has 0 atom stereocenters. The third-order valence-electron chi connectivity index (χ3n) is 4.96. The van der Waals surface area contributed by atoms with Gasteiger partial charge in [0.2, 0.25) is 0 Å². The topological polar surface area (TPSA) is 90.4 Å². The fourth-order valence-corrected chi connectivity index (χ4v) is 3.14. The molecule has 3 aromatic rings. The van der Waals surface area contributed by atoms with E-state index in [2.05, 4.69) is 30.5 Å². The molecule has 0 bridgehead atoms. The van der Waals surface area contributed by atoms with E-state index in [0.29, 0.717) is 35.2 Å². The van der Waals surface area contributed by atoms with Gasteiger partial charge < -0.3 is 9.47 Å². The zero-order valence-corrected chi connectivity index (χ0v) is 16.6. The number of rotatable bonds is 3. The van der Waals surface area contributed by atoms with Crippen LogP contribution in [0, 0.1) is 6.92 Å². The second kappa shape index (κ2) is 6.14. The number of alkyl halides is 2. The molecule has 3 aromatic heterocycles. The minimum Gasteiger partial charge on any atom is -0.348 e. The highest BCUT2D eigenvalue weighted by Gasteiger charge is 2.40. The Bertz CT molecular complexity index is 1030. The lowest BCUT2D eigenvalue weighted by atomic mass is 9.96. The number of aromatic nitrogens is 8. The molecule has 0 unspecified atom stereocenters. The molecule has 0 saturated carbocycles. The second-order valence-corrected chi connectivity index (χ2v) is 8.29. The molecule has 0 radical (unpaired) electrons. The lowest BCUT2D eigenvalue weighted by Gasteiger charge is -2.22. The van der Waals surface area contributed by atoms with Crippen LogP contribution in [0.4, 0.5) is 14.6 Å². The number of hydrogen-bond donors (Lipinski definition) is 0. The SMILES string of the molecule is Cc1nnc(Cn2nnc3c(N4CCC(F)(F)C4)nc(C(C)(C)C)nc32)n1C. The average molecular weight is 391 g/mol. The Hall–Kier alpha value is -2.72. The molecular weight excluding hydrogens is 368 g/mol. The van der Waals surface area contributed by atoms with E-state index in [0.717, 1.165) is 5.82 Å². The summed E-state index contributed by atoms with van der Waals surface area (Å²) in [4.78, 5) is 10.8. The van der Waals surface area contributed by atoms with Crippen molar-refractivity contribution in [1.82, 2.24) is 39.7 Å². The Kier molecular flexibility index (Phi) is 4.09. The summed E-state index contributed by atoms with van der Waals surface area (Å²) in [6.45, 7) is 7.98. The Morgan fingerprint density at radius 2 is 1.86 bits per heavy atom. The highest BCUT2D eigenvalue weighted by atomic mass is 19.3. The molecule has 9 nitrogen and oxygen atoms in total. The van der Waals surface area contributed by atoms with Crippen molar-refractivity contribution in [3.05, 3.63) is 17.5 Å². The molecule has 150 valence electrons. The molecule has 28 heavy (non-hydrogen) atoms. The van der Waals surface area contributed by atoms with Crippen LogP contribution in [-0.4, -0.2) is 58.7 Å². The van der Waals surface area contributed by atoms with E-state index in [-0.39, 0.29) is 24.9 Å². The number of hydrogen-bond acceptors (Lipinski definition) is 7. The van der Waals surface area contributed by atoms with Gasteiger partial charge in [0.25, 0.3) is 5.92 Å². The van der Waals surface area contributed by atoms with Gasteiger partial charge in [-0.05, 0) is 6.92 Å². The summed E-state index contributed by atoms with van der Waals surface area (Å²) in [6.07, 6.45) is -0.199. The van der Waals surface area contributed by atoms with Crippen LogP contribution in [0.15, 0.2) is 0 Å². The standard InChI is InChI=1S/C17H23F2N9/c1-10-22-23-11(26(10)5)8-28-14-12(24-25-28)13(20-15(21-14)16(2,3)4)27-7-6-17(18,19)9-27/h6-9H2,1-5H3. The molecule has 0 amide bonds. The molecule has 0 N–H and O–H groups in total. The van der Waals surface area contributed by atoms with Crippen molar-refractivity contribution in [2.45, 2.75) is 52.0 Å². The maximum atomic E-state index is 13.8. The third kappa shape index (κ3) is 3.18. The van der Waals surface area contributed by atoms with E-state index in [1.165, 1.54) is 0 Å². The van der Waals surface area contributed by atoms with E-state index in [1.807, 2.05) is 39.3 Å². The average Bonchev–Trinajstić information content (AvgIpc) is 3.27. The van der Waals surface area contributed by atoms with E-state index in [4.69, 9.17) is 0 Å². The molecule has 0 aromatic carbocycles. The van der Waals surface area contributed by atoms with E-state index >= 15 is 0 Å². The lowest BCUT2D eigenvalue weighted by molar-refractivity contribution is 0.0257. The highest BCUT2D eigenvalue weighted by Crippen LogP contribution is 2.34. The van der Waals surface area contributed by atoms with Crippen molar-refractivity contribution < 1.29 is 8.78 Å². The Labute approximate surface area is 160 Å². The summed E-state index contributed by atoms with van der Waals surface area (Å²) in [6, 6.07) is 0. The third-order valence-corrected chi connectivity index (χ3v) is 4.96. The summed E-state index contributed by atoms with van der Waals surface area (Å²) in [5, 5.41) is 16.6. The van der Waals surface area contributed by atoms with Crippen LogP contribution >= 0.6 is 0 Å². The minimum absolute atomic E-state index is 0.199. The van der Waals surface area contributed by atoms with Crippen molar-refractivity contribution >= 4 is 17.0 Å². The van der Waals surface area contributed by atoms with Gasteiger partial charge in [-0.2, -0.15) is 0 Å². The van der Waals surface area contributed by atoms with Crippen LogP contribution in [0.5, 0.6) is 0 Å². The largest absolute Gasteiger partial charge is 0.348 e. The predicted molar refractivity (Wildman–Crippen MR) is 98.4 cm³/mol. The molecule has 4 rings (SSSR count). The van der Waals surface area contributed by atoms with Gasteiger partial charge in [-0.25, -0.2) is 23.4 Å². The number of anilines is 1. The number of nitrogens with zero attached hydrogens (tertiary/aromatic N) is 9. The van der Waals surface area contributed by atoms with Crippen molar-refractivity contribution in [3.8, 4) is 0 Å². The van der Waals surface area contributed by atoms with Crippen molar-refractivity contribution in [2.24, 2.45) is 7.05 Å². The maximum absolute atomic E-state index is 13.8. The molecule has 1 saturated heterocycles. The summed E-state index contributed by atoms with van der Waals surface area (Å²) in [5.74, 6) is -0.278. The molecule has 1 aliphatic rings. The fourth-order valence-electron chi connectivity index (χ4n) is 3.14. The molecule has 4 heterocycles. The molecular formula is C17H23F2N9. The maximum Gasteiger partial charge on any atom is 0.266 e. The summed E-state index contributed by atoms with van der Waals surface area (Å²) in [7, 11) is 1.87. The van der Waals surface area contributed by atoms with Gasteiger partial charge in [-0.3, -0.25) is 0 Å². The smallest absolute Gasteiger partial charge is 0.266 e. The lowest BCUT2D eigenvalue weighted by Crippen LogP contribution is -2.27. The van der Waals surface area contributed by atoms with Gasteiger partial charge in [0.1, 0.15) is 18.2 Å². The van der Waals surface area contributed by atoms with Crippen molar-refractivity contribution in [3.63, 3.8) is 0 Å². The first kappa shape index (κ1) is 18.6. The zero-order chi connectivity index (χ0) is 20.3. The molecule has 1 aliphatic heterocycles. The summed E-state index contributed by atoms with van der Waals surface area (Å²) >= 11 is 0. The summed E-state index contributed by atoms with van der Waals surface area (Å²) in [5.41, 5.74) is 0.567. The first-order valence-corrected chi connectivity index (χ1v) is 9.14. The van der Waals surface area contributed by atoms with Gasteiger partial charge in [0, 0.05) is 25.4 Å². The number of aryl methyl sites for hydroxylation is 1. The quantitative estimate of drug-likeness (QED) is 0.673. The molecule has 0 aliphatic carbocycles. The van der Waals surface area contributed by atoms with Crippen LogP contribution in [0.3, 0.4) is 0 Å². The van der Waals surface area contributed by atoms with Crippen LogP contribution < -0.4 is 4.90 Å². The van der Waals surface area contributed by atoms with Crippen LogP contribution in [-0.2, 0) is 19.0 Å². The summed E-state index contributed by atoms with van der Waals surface area (Å²) < 4.78 is 31.1. The number of fused-ring (bicyclic) bond motifs is 1. The Morgan fingerprint density at radius 1 is 1.11 bits per heavy atom. The first-order valence-electron chi connectivity index (χ1n) is 9.14. The van der Waals surface area contributed by atoms with Gasteiger partial charge in [0.05, 0.1) is 6.54 Å². The van der Waals surface area contributed by atoms with E-state index in [9.17, 15) is 8.78 Å². The second-order valence-electron chi connectivity index (χ2n) is 8.29. The van der Waals surface area contributed by atoms with Gasteiger partial charge in [-0.1, -0.05) is 26.0 Å². The van der Waals surface area contributed by atoms with Crippen molar-refractivity contribution in [1.29, 1.82) is 0 Å². The normalized spacial score (nSPS) is 17.0. The van der Waals surface area contributed by atoms with E-state index in [1.54, 1.807) is 9.58 Å². The first-order chi connectivity index (χ1) is 13.0. The fraction of sp³-hybridized carbons (Fsp3) is 0.647. The van der Waals surface area contributed by atoms with E-state index < -0.39 is 5.92 Å². The Balaban J connectivity index is 1.83. The van der Waals surface area contributed by atoms with Crippen LogP contribution in [0.25, 0.3) is 11.2 Å². The van der Waals surface area contributed by atoms with Crippen LogP contribution in [0.2, 0.25) is 0 Å². The minimum atomic E-state index is -2.73. The van der Waals surface area contributed by atoms with Crippen molar-refractivity contribution in [2.75, 3.05) is 18.0 Å². The Morgan fingerprint density at radius 3 is 2.43 bits per heavy atom. The predicted octanol–water partition coefficient (Wildman–Crippen LogP) is 1.85. The molecule has 1 fully saturated rings. The van der Waals surface area contributed by atoms with Gasteiger partial charge >= 0.3 is 0 Å².